The van der Waals surface area contributed by atoms with Crippen molar-refractivity contribution in [2.45, 2.75) is 60.9 Å². The maximum Gasteiger partial charge on any atom is 0.410 e. The first-order valence-electron chi connectivity index (χ1n) is 9.28. The summed E-state index contributed by atoms with van der Waals surface area (Å²) in [5.74, 6) is -0.554. The van der Waals surface area contributed by atoms with Crippen LogP contribution in [0.4, 0.5) is 4.79 Å². The van der Waals surface area contributed by atoms with Gasteiger partial charge in [0, 0.05) is 6.54 Å². The number of rotatable bonds is 5. The molecule has 0 unspecified atom stereocenters. The third-order valence-electron chi connectivity index (χ3n) is 5.04. The highest BCUT2D eigenvalue weighted by Gasteiger charge is 2.50. The van der Waals surface area contributed by atoms with Gasteiger partial charge in [0.15, 0.2) is 9.84 Å². The monoisotopic (exact) mass is 439 g/mol. The van der Waals surface area contributed by atoms with E-state index in [9.17, 15) is 23.3 Å². The van der Waals surface area contributed by atoms with Crippen LogP contribution in [-0.4, -0.2) is 54.8 Å². The highest BCUT2D eigenvalue weighted by molar-refractivity contribution is 7.92. The van der Waals surface area contributed by atoms with Gasteiger partial charge in [-0.2, -0.15) is 5.26 Å². The van der Waals surface area contributed by atoms with Crippen molar-refractivity contribution in [3.8, 4) is 6.07 Å². The number of hydrogen-bond acceptors (Lipinski definition) is 6. The van der Waals surface area contributed by atoms with Crippen molar-refractivity contribution in [3.05, 3.63) is 29.3 Å². The summed E-state index contributed by atoms with van der Waals surface area (Å²) >= 11 is 6.07. The standard InChI is InChI=1S/C19H22ClN3O5S/c1-12(2)28-18(25)23-10-13(29(26,27)16-6-4-3-5-14(16)20)9-15(23)17(24)22-19(11-21)7-8-19/h3-6,12-13,15H,7-10H2,1-2H3,(H,22,24)/t13-,15+/m1/s1. The molecule has 1 aliphatic carbocycles. The number of nitriles is 1. The minimum Gasteiger partial charge on any atom is -0.447 e. The number of sulfone groups is 1. The summed E-state index contributed by atoms with van der Waals surface area (Å²) in [5, 5.41) is 10.9. The van der Waals surface area contributed by atoms with Crippen LogP contribution in [0.5, 0.6) is 0 Å². The number of halogens is 1. The number of nitrogens with zero attached hydrogens (tertiary/aromatic N) is 2. The fraction of sp³-hybridized carbons (Fsp3) is 0.526. The summed E-state index contributed by atoms with van der Waals surface area (Å²) in [6, 6.07) is 7.07. The molecule has 2 aliphatic rings. The molecule has 2 atom stereocenters. The molecule has 1 saturated carbocycles. The van der Waals surface area contributed by atoms with Crippen LogP contribution in [0.25, 0.3) is 0 Å². The Morgan fingerprint density at radius 2 is 2.00 bits per heavy atom. The minimum atomic E-state index is -3.89. The van der Waals surface area contributed by atoms with Crippen molar-refractivity contribution < 1.29 is 22.7 Å². The number of hydrogen-bond donors (Lipinski definition) is 1. The third kappa shape index (κ3) is 4.33. The smallest absolute Gasteiger partial charge is 0.410 e. The molecule has 1 aromatic rings. The normalized spacial score (nSPS) is 22.8. The van der Waals surface area contributed by atoms with Gasteiger partial charge in [-0.25, -0.2) is 13.2 Å². The van der Waals surface area contributed by atoms with Crippen LogP contribution in [0.2, 0.25) is 5.02 Å². The van der Waals surface area contributed by atoms with E-state index in [4.69, 9.17) is 16.3 Å². The molecule has 2 amide bonds. The molecule has 2 fully saturated rings. The molecular formula is C19H22ClN3O5S. The van der Waals surface area contributed by atoms with Crippen molar-refractivity contribution >= 4 is 33.4 Å². The Kier molecular flexibility index (Phi) is 5.79. The lowest BCUT2D eigenvalue weighted by Crippen LogP contribution is -2.49. The largest absolute Gasteiger partial charge is 0.447 e. The molecule has 0 radical (unpaired) electrons. The lowest BCUT2D eigenvalue weighted by atomic mass is 10.2. The van der Waals surface area contributed by atoms with Crippen LogP contribution in [0.15, 0.2) is 29.2 Å². The van der Waals surface area contributed by atoms with Gasteiger partial charge in [0.05, 0.1) is 27.3 Å². The van der Waals surface area contributed by atoms with E-state index in [1.54, 1.807) is 26.0 Å². The molecule has 1 aromatic carbocycles. The summed E-state index contributed by atoms with van der Waals surface area (Å²) in [6.07, 6.45) is -0.244. The predicted octanol–water partition coefficient (Wildman–Crippen LogP) is 2.27. The summed E-state index contributed by atoms with van der Waals surface area (Å²) in [7, 11) is -3.89. The van der Waals surface area contributed by atoms with E-state index in [1.807, 2.05) is 0 Å². The molecule has 156 valence electrons. The number of carbonyl (C=O) groups is 2. The van der Waals surface area contributed by atoms with E-state index in [0.717, 1.165) is 4.90 Å². The molecule has 1 aliphatic heterocycles. The molecule has 29 heavy (non-hydrogen) atoms. The summed E-state index contributed by atoms with van der Waals surface area (Å²) in [6.45, 7) is 3.13. The van der Waals surface area contributed by atoms with E-state index < -0.39 is 44.8 Å². The van der Waals surface area contributed by atoms with Gasteiger partial charge in [0.25, 0.3) is 0 Å². The average Bonchev–Trinajstić information content (AvgIpc) is 3.26. The lowest BCUT2D eigenvalue weighted by Gasteiger charge is -2.25. The Hall–Kier alpha value is -2.31. The second-order valence-corrected chi connectivity index (χ2v) is 10.2. The molecule has 1 N–H and O–H groups in total. The fourth-order valence-corrected chi connectivity index (χ4v) is 5.52. The minimum absolute atomic E-state index is 0.0411. The van der Waals surface area contributed by atoms with Gasteiger partial charge in [-0.1, -0.05) is 23.7 Å². The second kappa shape index (κ2) is 7.84. The van der Waals surface area contributed by atoms with Crippen molar-refractivity contribution in [1.82, 2.24) is 10.2 Å². The Bertz CT molecular complexity index is 968. The molecule has 0 spiro atoms. The maximum atomic E-state index is 13.1. The summed E-state index contributed by atoms with van der Waals surface area (Å²) in [4.78, 5) is 26.4. The molecule has 3 rings (SSSR count). The van der Waals surface area contributed by atoms with Gasteiger partial charge in [-0.3, -0.25) is 9.69 Å². The second-order valence-electron chi connectivity index (χ2n) is 7.62. The zero-order valence-electron chi connectivity index (χ0n) is 16.1. The molecule has 1 heterocycles. The maximum absolute atomic E-state index is 13.1. The Balaban J connectivity index is 1.88. The average molecular weight is 440 g/mol. The number of benzene rings is 1. The lowest BCUT2D eigenvalue weighted by molar-refractivity contribution is -0.125. The molecular weight excluding hydrogens is 418 g/mol. The van der Waals surface area contributed by atoms with E-state index in [0.29, 0.717) is 12.8 Å². The van der Waals surface area contributed by atoms with Crippen LogP contribution in [0, 0.1) is 11.3 Å². The summed E-state index contributed by atoms with van der Waals surface area (Å²) in [5.41, 5.74) is -0.926. The number of likely N-dealkylation sites (tertiary alicyclic amines) is 1. The topological polar surface area (TPSA) is 117 Å². The molecule has 10 heteroatoms. The van der Waals surface area contributed by atoms with Crippen LogP contribution >= 0.6 is 11.6 Å². The van der Waals surface area contributed by atoms with Gasteiger partial charge < -0.3 is 10.1 Å². The quantitative estimate of drug-likeness (QED) is 0.752. The molecule has 0 aromatic heterocycles. The summed E-state index contributed by atoms with van der Waals surface area (Å²) < 4.78 is 31.4. The Morgan fingerprint density at radius 3 is 2.55 bits per heavy atom. The molecule has 0 bridgehead atoms. The first-order valence-corrected chi connectivity index (χ1v) is 11.2. The zero-order valence-corrected chi connectivity index (χ0v) is 17.7. The fourth-order valence-electron chi connectivity index (χ4n) is 3.31. The van der Waals surface area contributed by atoms with Gasteiger partial charge in [0.1, 0.15) is 11.6 Å². The third-order valence-corrected chi connectivity index (χ3v) is 7.67. The van der Waals surface area contributed by atoms with E-state index in [2.05, 4.69) is 11.4 Å². The Morgan fingerprint density at radius 1 is 1.34 bits per heavy atom. The number of carbonyl (C=O) groups excluding carboxylic acids is 2. The van der Waals surface area contributed by atoms with Crippen molar-refractivity contribution in [3.63, 3.8) is 0 Å². The van der Waals surface area contributed by atoms with Gasteiger partial charge in [-0.05, 0) is 45.2 Å². The highest BCUT2D eigenvalue weighted by atomic mass is 35.5. The van der Waals surface area contributed by atoms with E-state index >= 15 is 0 Å². The SMILES string of the molecule is CC(C)OC(=O)N1C[C@H](S(=O)(=O)c2ccccc2Cl)C[C@H]1C(=O)NC1(C#N)CC1. The van der Waals surface area contributed by atoms with E-state index in [1.165, 1.54) is 12.1 Å². The van der Waals surface area contributed by atoms with E-state index in [-0.39, 0.29) is 22.9 Å². The predicted molar refractivity (Wildman–Crippen MR) is 105 cm³/mol. The van der Waals surface area contributed by atoms with Gasteiger partial charge in [-0.15, -0.1) is 0 Å². The zero-order chi connectivity index (χ0) is 21.4. The molecule has 1 saturated heterocycles. The van der Waals surface area contributed by atoms with Gasteiger partial charge in [0.2, 0.25) is 5.91 Å². The number of amides is 2. The van der Waals surface area contributed by atoms with Crippen molar-refractivity contribution in [2.24, 2.45) is 0 Å². The number of ether oxygens (including phenoxy) is 1. The van der Waals surface area contributed by atoms with Gasteiger partial charge >= 0.3 is 6.09 Å². The first-order chi connectivity index (χ1) is 13.6. The van der Waals surface area contributed by atoms with Crippen molar-refractivity contribution in [2.75, 3.05) is 6.54 Å². The Labute approximate surface area is 174 Å². The van der Waals surface area contributed by atoms with Crippen molar-refractivity contribution in [1.29, 1.82) is 5.26 Å². The van der Waals surface area contributed by atoms with Crippen LogP contribution in [0.1, 0.15) is 33.1 Å². The number of nitrogens with one attached hydrogen (secondary N) is 1. The highest BCUT2D eigenvalue weighted by Crippen LogP contribution is 2.36. The first kappa shape index (κ1) is 21.4. The molecule has 8 nitrogen and oxygen atoms in total. The van der Waals surface area contributed by atoms with Crippen LogP contribution < -0.4 is 5.32 Å². The van der Waals surface area contributed by atoms with Crippen LogP contribution in [-0.2, 0) is 19.4 Å². The van der Waals surface area contributed by atoms with Crippen LogP contribution in [0.3, 0.4) is 0 Å².